The lowest BCUT2D eigenvalue weighted by molar-refractivity contribution is -0.131. The van der Waals surface area contributed by atoms with Crippen molar-refractivity contribution in [3.05, 3.63) is 69.6 Å². The van der Waals surface area contributed by atoms with Gasteiger partial charge in [-0.2, -0.15) is 0 Å². The fourth-order valence-corrected chi connectivity index (χ4v) is 4.04. The van der Waals surface area contributed by atoms with Gasteiger partial charge in [-0.25, -0.2) is 4.98 Å². The lowest BCUT2D eigenvalue weighted by Crippen LogP contribution is -2.49. The summed E-state index contributed by atoms with van der Waals surface area (Å²) in [7, 11) is 0. The van der Waals surface area contributed by atoms with Crippen molar-refractivity contribution >= 4 is 22.6 Å². The van der Waals surface area contributed by atoms with Crippen LogP contribution in [0.4, 0.5) is 5.82 Å². The Labute approximate surface area is 170 Å². The van der Waals surface area contributed by atoms with Crippen LogP contribution in [0, 0.1) is 13.8 Å². The average Bonchev–Trinajstić information content (AvgIpc) is 2.73. The molecule has 0 radical (unpaired) electrons. The van der Waals surface area contributed by atoms with Gasteiger partial charge in [0, 0.05) is 44.4 Å². The Bertz CT molecular complexity index is 1080. The van der Waals surface area contributed by atoms with Crippen LogP contribution in [0.25, 0.3) is 10.9 Å². The molecule has 1 aliphatic rings. The van der Waals surface area contributed by atoms with Crippen molar-refractivity contribution in [2.24, 2.45) is 0 Å². The predicted octanol–water partition coefficient (Wildman–Crippen LogP) is 2.82. The Kier molecular flexibility index (Phi) is 5.34. The predicted molar refractivity (Wildman–Crippen MR) is 115 cm³/mol. The van der Waals surface area contributed by atoms with Gasteiger partial charge in [0.25, 0.3) is 5.56 Å². The molecule has 1 amide bonds. The number of aromatic amines is 1. The van der Waals surface area contributed by atoms with Gasteiger partial charge in [-0.15, -0.1) is 0 Å². The van der Waals surface area contributed by atoms with Crippen LogP contribution in [0.2, 0.25) is 0 Å². The van der Waals surface area contributed by atoms with Crippen LogP contribution in [-0.2, 0) is 11.2 Å². The van der Waals surface area contributed by atoms with Crippen LogP contribution in [0.15, 0.2) is 47.4 Å². The molecule has 0 unspecified atom stereocenters. The van der Waals surface area contributed by atoms with E-state index in [1.165, 1.54) is 0 Å². The minimum Gasteiger partial charge on any atom is -0.353 e. The van der Waals surface area contributed by atoms with E-state index in [0.717, 1.165) is 40.9 Å². The number of amides is 1. The smallest absolute Gasteiger partial charge is 0.251 e. The number of piperazine rings is 1. The Morgan fingerprint density at radius 2 is 1.90 bits per heavy atom. The number of anilines is 1. The average molecular weight is 390 g/mol. The van der Waals surface area contributed by atoms with Gasteiger partial charge in [0.2, 0.25) is 5.91 Å². The number of nitrogens with one attached hydrogen (secondary N) is 1. The molecule has 1 aromatic carbocycles. The van der Waals surface area contributed by atoms with Gasteiger partial charge in [-0.1, -0.05) is 17.7 Å². The number of aryl methyl sites for hydroxylation is 3. The first-order chi connectivity index (χ1) is 14.0. The molecule has 0 bridgehead atoms. The molecule has 1 N–H and O–H groups in total. The van der Waals surface area contributed by atoms with Crippen LogP contribution in [0.3, 0.4) is 0 Å². The molecule has 6 heteroatoms. The third-order valence-electron chi connectivity index (χ3n) is 5.58. The minimum absolute atomic E-state index is 0.0998. The number of carbonyl (C=O) groups excluding carboxylic acids is 1. The highest BCUT2D eigenvalue weighted by molar-refractivity contribution is 5.83. The molecule has 29 heavy (non-hydrogen) atoms. The molecule has 2 aromatic heterocycles. The van der Waals surface area contributed by atoms with Crippen LogP contribution < -0.4 is 10.5 Å². The van der Waals surface area contributed by atoms with Gasteiger partial charge < -0.3 is 14.8 Å². The van der Waals surface area contributed by atoms with E-state index >= 15 is 0 Å². The Morgan fingerprint density at radius 3 is 2.62 bits per heavy atom. The van der Waals surface area contributed by atoms with E-state index in [1.54, 1.807) is 6.20 Å². The molecular weight excluding hydrogens is 364 g/mol. The zero-order valence-electron chi connectivity index (χ0n) is 16.9. The van der Waals surface area contributed by atoms with Gasteiger partial charge in [0.05, 0.1) is 5.52 Å². The number of nitrogens with zero attached hydrogens (tertiary/aromatic N) is 3. The third kappa shape index (κ3) is 4.16. The Hall–Kier alpha value is -3.15. The van der Waals surface area contributed by atoms with E-state index in [4.69, 9.17) is 0 Å². The molecule has 1 aliphatic heterocycles. The molecule has 150 valence electrons. The number of rotatable bonds is 4. The molecule has 0 aliphatic carbocycles. The first kappa shape index (κ1) is 19.2. The summed E-state index contributed by atoms with van der Waals surface area (Å²) >= 11 is 0. The number of hydrogen-bond acceptors (Lipinski definition) is 4. The van der Waals surface area contributed by atoms with Crippen LogP contribution >= 0.6 is 0 Å². The second kappa shape index (κ2) is 8.07. The quantitative estimate of drug-likeness (QED) is 0.744. The molecule has 6 nitrogen and oxygen atoms in total. The van der Waals surface area contributed by atoms with Crippen molar-refractivity contribution in [2.75, 3.05) is 31.1 Å². The first-order valence-corrected chi connectivity index (χ1v) is 10.1. The van der Waals surface area contributed by atoms with E-state index in [0.29, 0.717) is 31.5 Å². The van der Waals surface area contributed by atoms with Crippen molar-refractivity contribution in [1.82, 2.24) is 14.9 Å². The lowest BCUT2D eigenvalue weighted by atomic mass is 10.0. The first-order valence-electron chi connectivity index (χ1n) is 10.1. The Balaban J connectivity index is 1.39. The molecule has 0 saturated carbocycles. The van der Waals surface area contributed by atoms with Crippen molar-refractivity contribution in [3.63, 3.8) is 0 Å². The topological polar surface area (TPSA) is 69.3 Å². The fourth-order valence-electron chi connectivity index (χ4n) is 4.04. The molecule has 4 rings (SSSR count). The van der Waals surface area contributed by atoms with Crippen LogP contribution in [-0.4, -0.2) is 47.0 Å². The molecule has 3 heterocycles. The van der Waals surface area contributed by atoms with Crippen molar-refractivity contribution < 1.29 is 4.79 Å². The van der Waals surface area contributed by atoms with Crippen molar-refractivity contribution in [2.45, 2.75) is 26.7 Å². The second-order valence-corrected chi connectivity index (χ2v) is 7.73. The number of aromatic nitrogens is 2. The summed E-state index contributed by atoms with van der Waals surface area (Å²) in [5.41, 5.74) is 3.67. The number of H-pyrrole nitrogens is 1. The summed E-state index contributed by atoms with van der Waals surface area (Å²) < 4.78 is 0. The largest absolute Gasteiger partial charge is 0.353 e. The molecule has 3 aromatic rings. The minimum atomic E-state index is -0.0998. The van der Waals surface area contributed by atoms with E-state index in [-0.39, 0.29) is 11.5 Å². The summed E-state index contributed by atoms with van der Waals surface area (Å²) in [6.45, 7) is 6.96. The molecule has 0 atom stereocenters. The highest BCUT2D eigenvalue weighted by atomic mass is 16.2. The number of hydrogen-bond donors (Lipinski definition) is 1. The zero-order valence-corrected chi connectivity index (χ0v) is 16.9. The van der Waals surface area contributed by atoms with Gasteiger partial charge >= 0.3 is 0 Å². The van der Waals surface area contributed by atoms with E-state index in [9.17, 15) is 9.59 Å². The van der Waals surface area contributed by atoms with Gasteiger partial charge in [-0.05, 0) is 55.5 Å². The summed E-state index contributed by atoms with van der Waals surface area (Å²) in [5, 5.41) is 1.02. The van der Waals surface area contributed by atoms with E-state index < -0.39 is 0 Å². The third-order valence-corrected chi connectivity index (χ3v) is 5.58. The molecular formula is C23H26N4O2. The SMILES string of the molecule is Cc1cc(C)c2[nH]c(=O)c(CCC(=O)N3CCN(c4ccccn4)CC3)cc2c1. The number of pyridine rings is 2. The highest BCUT2D eigenvalue weighted by Gasteiger charge is 2.21. The zero-order chi connectivity index (χ0) is 20.4. The van der Waals surface area contributed by atoms with Crippen LogP contribution in [0.5, 0.6) is 0 Å². The van der Waals surface area contributed by atoms with E-state index in [2.05, 4.69) is 27.0 Å². The summed E-state index contributed by atoms with van der Waals surface area (Å²) in [4.78, 5) is 36.6. The van der Waals surface area contributed by atoms with Crippen molar-refractivity contribution in [3.8, 4) is 0 Å². The Morgan fingerprint density at radius 1 is 1.10 bits per heavy atom. The monoisotopic (exact) mass is 390 g/mol. The number of carbonyl (C=O) groups is 1. The van der Waals surface area contributed by atoms with Crippen molar-refractivity contribution in [1.29, 1.82) is 0 Å². The van der Waals surface area contributed by atoms with Gasteiger partial charge in [-0.3, -0.25) is 9.59 Å². The normalized spacial score (nSPS) is 14.4. The van der Waals surface area contributed by atoms with Gasteiger partial charge in [0.1, 0.15) is 5.82 Å². The maximum atomic E-state index is 12.7. The maximum absolute atomic E-state index is 12.7. The molecule has 0 spiro atoms. The standard InChI is InChI=1S/C23H26N4O2/c1-16-13-17(2)22-19(14-16)15-18(23(29)25-22)6-7-21(28)27-11-9-26(10-12-27)20-5-3-4-8-24-20/h3-5,8,13-15H,6-7,9-12H2,1-2H3,(H,25,29). The maximum Gasteiger partial charge on any atom is 0.251 e. The number of fused-ring (bicyclic) bond motifs is 1. The fraction of sp³-hybridized carbons (Fsp3) is 0.348. The van der Waals surface area contributed by atoms with Crippen LogP contribution in [0.1, 0.15) is 23.1 Å². The molecule has 1 fully saturated rings. The number of benzene rings is 1. The summed E-state index contributed by atoms with van der Waals surface area (Å²) in [5.74, 6) is 1.05. The lowest BCUT2D eigenvalue weighted by Gasteiger charge is -2.35. The van der Waals surface area contributed by atoms with E-state index in [1.807, 2.05) is 43.0 Å². The summed E-state index contributed by atoms with van der Waals surface area (Å²) in [6.07, 6.45) is 2.59. The van der Waals surface area contributed by atoms with Gasteiger partial charge in [0.15, 0.2) is 0 Å². The molecule has 1 saturated heterocycles. The second-order valence-electron chi connectivity index (χ2n) is 7.73. The highest BCUT2D eigenvalue weighted by Crippen LogP contribution is 2.19. The summed E-state index contributed by atoms with van der Waals surface area (Å²) in [6, 6.07) is 11.9.